The summed E-state index contributed by atoms with van der Waals surface area (Å²) in [5.41, 5.74) is 0. The molecule has 1 heterocycles. The van der Waals surface area contributed by atoms with Crippen LogP contribution in [0.4, 0.5) is 0 Å². The Bertz CT molecular complexity index is 372. The highest BCUT2D eigenvalue weighted by molar-refractivity contribution is 7.87. The predicted molar refractivity (Wildman–Crippen MR) is 56.7 cm³/mol. The van der Waals surface area contributed by atoms with Crippen LogP contribution in [0.1, 0.15) is 33.1 Å². The number of imidazole rings is 1. The molecule has 0 saturated carbocycles. The molecule has 86 valence electrons. The third-order valence-electron chi connectivity index (χ3n) is 2.13. The number of aromatic nitrogens is 2. The van der Waals surface area contributed by atoms with Crippen LogP contribution < -0.4 is 4.28 Å². The zero-order valence-corrected chi connectivity index (χ0v) is 9.77. The minimum absolute atomic E-state index is 0.486. The fraction of sp³-hybridized carbons (Fsp3) is 0.667. The number of rotatable bonds is 6. The zero-order valence-electron chi connectivity index (χ0n) is 8.96. The number of hydrogen-bond acceptors (Lipinski definition) is 4. The van der Waals surface area contributed by atoms with Gasteiger partial charge in [-0.3, -0.25) is 4.28 Å². The molecular weight excluding hydrogens is 216 g/mol. The van der Waals surface area contributed by atoms with Gasteiger partial charge < -0.3 is 0 Å². The van der Waals surface area contributed by atoms with Gasteiger partial charge >= 0.3 is 10.1 Å². The molecular formula is C9H16N2O3S. The summed E-state index contributed by atoms with van der Waals surface area (Å²) in [6, 6.07) is 0. The van der Waals surface area contributed by atoms with Crippen LogP contribution in [0.25, 0.3) is 0 Å². The van der Waals surface area contributed by atoms with Gasteiger partial charge in [-0.2, -0.15) is 13.1 Å². The highest BCUT2D eigenvalue weighted by atomic mass is 32.2. The van der Waals surface area contributed by atoms with Gasteiger partial charge in [-0.25, -0.2) is 4.98 Å². The molecule has 0 radical (unpaired) electrons. The lowest BCUT2D eigenvalue weighted by molar-refractivity contribution is 0.273. The minimum atomic E-state index is -3.53. The molecule has 0 fully saturated rings. The topological polar surface area (TPSA) is 61.2 Å². The Morgan fingerprint density at radius 1 is 1.53 bits per heavy atom. The number of hydrogen-bond donors (Lipinski definition) is 0. The molecule has 1 aromatic rings. The maximum absolute atomic E-state index is 11.6. The van der Waals surface area contributed by atoms with E-state index >= 15 is 0 Å². The molecule has 1 rings (SSSR count). The van der Waals surface area contributed by atoms with Gasteiger partial charge in [0, 0.05) is 6.20 Å². The van der Waals surface area contributed by atoms with Crippen molar-refractivity contribution in [3.8, 4) is 0 Å². The van der Waals surface area contributed by atoms with Crippen molar-refractivity contribution < 1.29 is 12.7 Å². The van der Waals surface area contributed by atoms with Crippen LogP contribution in [0.15, 0.2) is 18.7 Å². The summed E-state index contributed by atoms with van der Waals surface area (Å²) < 4.78 is 29.2. The molecule has 0 amide bonds. The monoisotopic (exact) mass is 232 g/mol. The van der Waals surface area contributed by atoms with Crippen LogP contribution in [0, 0.1) is 0 Å². The van der Waals surface area contributed by atoms with Gasteiger partial charge in [-0.05, 0) is 13.3 Å². The quantitative estimate of drug-likeness (QED) is 0.740. The molecule has 0 aliphatic rings. The summed E-state index contributed by atoms with van der Waals surface area (Å²) in [6.07, 6.45) is 6.70. The van der Waals surface area contributed by atoms with Crippen molar-refractivity contribution in [3.63, 3.8) is 0 Å². The van der Waals surface area contributed by atoms with Gasteiger partial charge in [0.25, 0.3) is 0 Å². The zero-order chi connectivity index (χ0) is 11.3. The lowest BCUT2D eigenvalue weighted by Gasteiger charge is -2.12. The summed E-state index contributed by atoms with van der Waals surface area (Å²) in [7, 11) is -3.53. The molecule has 0 aromatic carbocycles. The Morgan fingerprint density at radius 3 is 2.80 bits per heavy atom. The van der Waals surface area contributed by atoms with Gasteiger partial charge in [-0.15, -0.1) is 0 Å². The fourth-order valence-corrected chi connectivity index (χ4v) is 2.05. The number of nitrogens with zero attached hydrogens (tertiary/aromatic N) is 2. The van der Waals surface area contributed by atoms with Crippen LogP contribution >= 0.6 is 0 Å². The van der Waals surface area contributed by atoms with Gasteiger partial charge in [0.2, 0.25) is 0 Å². The first-order chi connectivity index (χ1) is 7.06. The molecule has 0 saturated heterocycles. The molecule has 0 N–H and O–H groups in total. The largest absolute Gasteiger partial charge is 0.329 e. The van der Waals surface area contributed by atoms with E-state index in [1.54, 1.807) is 6.92 Å². The van der Waals surface area contributed by atoms with Gasteiger partial charge in [-0.1, -0.05) is 19.8 Å². The predicted octanol–water partition coefficient (Wildman–Crippen LogP) is 1.22. The third-order valence-corrected chi connectivity index (χ3v) is 3.73. The molecule has 6 heteroatoms. The molecule has 15 heavy (non-hydrogen) atoms. The Labute approximate surface area is 90.2 Å². The molecule has 1 aromatic heterocycles. The summed E-state index contributed by atoms with van der Waals surface area (Å²) in [5.74, 6) is 0. The first-order valence-corrected chi connectivity index (χ1v) is 6.45. The van der Waals surface area contributed by atoms with E-state index in [9.17, 15) is 8.42 Å². The van der Waals surface area contributed by atoms with Crippen molar-refractivity contribution in [3.05, 3.63) is 18.7 Å². The Hall–Kier alpha value is -1.04. The van der Waals surface area contributed by atoms with E-state index in [1.165, 1.54) is 18.7 Å². The lowest BCUT2D eigenvalue weighted by atomic mass is 10.2. The second-order valence-corrected chi connectivity index (χ2v) is 5.38. The molecule has 1 atom stereocenters. The van der Waals surface area contributed by atoms with Gasteiger partial charge in [0.05, 0.1) is 11.4 Å². The van der Waals surface area contributed by atoms with Crippen LogP contribution in [-0.2, 0) is 10.1 Å². The Morgan fingerprint density at radius 2 is 2.27 bits per heavy atom. The molecule has 5 nitrogen and oxygen atoms in total. The van der Waals surface area contributed by atoms with E-state index in [0.29, 0.717) is 6.42 Å². The summed E-state index contributed by atoms with van der Waals surface area (Å²) >= 11 is 0. The van der Waals surface area contributed by atoms with E-state index in [-0.39, 0.29) is 0 Å². The van der Waals surface area contributed by atoms with Gasteiger partial charge in [0.15, 0.2) is 0 Å². The van der Waals surface area contributed by atoms with E-state index < -0.39 is 15.4 Å². The van der Waals surface area contributed by atoms with Crippen LogP contribution in [0.3, 0.4) is 0 Å². The average Bonchev–Trinajstić information content (AvgIpc) is 2.65. The second-order valence-electron chi connectivity index (χ2n) is 3.44. The maximum Gasteiger partial charge on any atom is 0.329 e. The van der Waals surface area contributed by atoms with Crippen molar-refractivity contribution in [2.24, 2.45) is 0 Å². The summed E-state index contributed by atoms with van der Waals surface area (Å²) in [4.78, 5) is 3.70. The van der Waals surface area contributed by atoms with Crippen molar-refractivity contribution in [2.75, 3.05) is 0 Å². The smallest absolute Gasteiger partial charge is 0.286 e. The van der Waals surface area contributed by atoms with Crippen molar-refractivity contribution >= 4 is 10.1 Å². The highest BCUT2D eigenvalue weighted by Gasteiger charge is 2.22. The molecule has 0 bridgehead atoms. The van der Waals surface area contributed by atoms with E-state index in [1.807, 2.05) is 6.92 Å². The standard InChI is InChI=1S/C9H16N2O3S/c1-3-4-5-9(2)15(12,13)14-11-7-6-10-8-11/h6-9H,3-5H2,1-2H3. The van der Waals surface area contributed by atoms with Crippen molar-refractivity contribution in [1.82, 2.24) is 9.71 Å². The first kappa shape index (κ1) is 12.0. The Balaban J connectivity index is 2.59. The fourth-order valence-electron chi connectivity index (χ4n) is 1.12. The summed E-state index contributed by atoms with van der Waals surface area (Å²) in [5, 5.41) is -0.486. The number of unbranched alkanes of at least 4 members (excludes halogenated alkanes) is 1. The van der Waals surface area contributed by atoms with Gasteiger partial charge in [0.1, 0.15) is 6.33 Å². The normalized spacial score (nSPS) is 13.7. The third kappa shape index (κ3) is 3.54. The van der Waals surface area contributed by atoms with Crippen LogP contribution in [0.5, 0.6) is 0 Å². The molecule has 0 aliphatic carbocycles. The van der Waals surface area contributed by atoms with E-state index in [0.717, 1.165) is 17.6 Å². The van der Waals surface area contributed by atoms with Crippen LogP contribution in [0.2, 0.25) is 0 Å². The molecule has 0 aliphatic heterocycles. The molecule has 0 spiro atoms. The Kier molecular flexibility index (Phi) is 4.14. The van der Waals surface area contributed by atoms with Crippen molar-refractivity contribution in [2.45, 2.75) is 38.4 Å². The highest BCUT2D eigenvalue weighted by Crippen LogP contribution is 2.09. The van der Waals surface area contributed by atoms with Crippen molar-refractivity contribution in [1.29, 1.82) is 0 Å². The molecule has 1 unspecified atom stereocenters. The summed E-state index contributed by atoms with van der Waals surface area (Å²) in [6.45, 7) is 3.68. The SMILES string of the molecule is CCCCC(C)S(=O)(=O)On1ccnc1. The van der Waals surface area contributed by atoms with E-state index in [2.05, 4.69) is 4.98 Å². The second kappa shape index (κ2) is 5.16. The average molecular weight is 232 g/mol. The van der Waals surface area contributed by atoms with Crippen LogP contribution in [-0.4, -0.2) is 23.4 Å². The first-order valence-electron chi connectivity index (χ1n) is 4.98. The maximum atomic E-state index is 11.6. The van der Waals surface area contributed by atoms with E-state index in [4.69, 9.17) is 4.28 Å². The lowest BCUT2D eigenvalue weighted by Crippen LogP contribution is -2.28. The minimum Gasteiger partial charge on any atom is -0.286 e.